The molecular formula is C81H91N5O2. The minimum atomic E-state index is -0.315. The van der Waals surface area contributed by atoms with Gasteiger partial charge in [-0.15, -0.1) is 10.2 Å². The van der Waals surface area contributed by atoms with E-state index in [0.717, 1.165) is 63.8 Å². The van der Waals surface area contributed by atoms with Crippen LogP contribution in [0.2, 0.25) is 0 Å². The average molecular weight is 1170 g/mol. The largest absolute Gasteiger partial charge is 0.421 e. The molecule has 0 saturated carbocycles. The number of fused-ring (bicyclic) bond motifs is 6. The first kappa shape index (κ1) is 62.5. The van der Waals surface area contributed by atoms with Crippen molar-refractivity contribution in [2.24, 2.45) is 10.2 Å². The molecule has 0 N–H and O–H groups in total. The van der Waals surface area contributed by atoms with Gasteiger partial charge in [-0.25, -0.2) is 4.79 Å². The average Bonchev–Trinajstić information content (AvgIpc) is 1.55. The Labute approximate surface area is 526 Å². The molecular weight excluding hydrogens is 1070 g/mol. The van der Waals surface area contributed by atoms with E-state index in [-0.39, 0.29) is 22.2 Å². The summed E-state index contributed by atoms with van der Waals surface area (Å²) in [5.74, 6) is 0.275. The molecule has 0 spiro atoms. The summed E-state index contributed by atoms with van der Waals surface area (Å²) in [6, 6.07) is 52.7. The van der Waals surface area contributed by atoms with Crippen LogP contribution in [0.1, 0.15) is 167 Å². The molecule has 0 atom stereocenters. The maximum atomic E-state index is 13.0. The zero-order chi connectivity index (χ0) is 63.6. The molecule has 452 valence electrons. The zero-order valence-corrected chi connectivity index (χ0v) is 56.3. The molecule has 0 saturated heterocycles. The quantitative estimate of drug-likeness (QED) is 0.130. The number of carbonyl (C=O) groups excluding carboxylic acids is 1. The van der Waals surface area contributed by atoms with E-state index in [1.807, 2.05) is 44.2 Å². The molecule has 3 aliphatic rings. The van der Waals surface area contributed by atoms with Crippen molar-refractivity contribution in [1.82, 2.24) is 0 Å². The van der Waals surface area contributed by atoms with Gasteiger partial charge < -0.3 is 19.4 Å². The fourth-order valence-electron chi connectivity index (χ4n) is 12.8. The second-order valence-corrected chi connectivity index (χ2v) is 28.5. The highest BCUT2D eigenvalue weighted by atomic mass is 16.5. The molecule has 12 rings (SSSR count). The second kappa shape index (κ2) is 23.9. The fourth-order valence-corrected chi connectivity index (χ4v) is 12.8. The summed E-state index contributed by atoms with van der Waals surface area (Å²) in [7, 11) is 0. The maximum Gasteiger partial charge on any atom is 0.345 e. The number of rotatable bonds is 3. The van der Waals surface area contributed by atoms with Crippen LogP contribution in [0.25, 0.3) is 0 Å². The highest BCUT2D eigenvalue weighted by Gasteiger charge is 2.32. The number of ether oxygens (including phenoxy) is 1. The molecule has 7 heteroatoms. The molecule has 0 bridgehead atoms. The summed E-state index contributed by atoms with van der Waals surface area (Å²) in [4.78, 5) is 20.1. The number of hydrogen-bond acceptors (Lipinski definition) is 7. The molecule has 3 heterocycles. The maximum absolute atomic E-state index is 13.0. The molecule has 3 aliphatic heterocycles. The first-order valence-corrected chi connectivity index (χ1v) is 31.4. The van der Waals surface area contributed by atoms with Crippen LogP contribution in [-0.2, 0) is 29.1 Å². The molecule has 0 fully saturated rings. The second-order valence-electron chi connectivity index (χ2n) is 28.5. The number of aryl methyl sites for hydroxylation is 14. The first-order chi connectivity index (χ1) is 41.4. The fraction of sp³-hybridized carbons (Fsp3) is 0.321. The Morgan fingerprint density at radius 2 is 0.614 bits per heavy atom. The minimum absolute atomic E-state index is 0.0654. The number of hydrogen-bond donors (Lipinski definition) is 0. The van der Waals surface area contributed by atoms with Crippen LogP contribution in [0, 0.1) is 83.1 Å². The molecule has 0 amide bonds. The van der Waals surface area contributed by atoms with E-state index in [4.69, 9.17) is 4.74 Å². The first-order valence-electron chi connectivity index (χ1n) is 31.4. The lowest BCUT2D eigenvalue weighted by Gasteiger charge is -2.32. The van der Waals surface area contributed by atoms with Crippen molar-refractivity contribution in [3.05, 3.63) is 246 Å². The lowest BCUT2D eigenvalue weighted by atomic mass is 9.84. The van der Waals surface area contributed by atoms with Crippen molar-refractivity contribution in [2.75, 3.05) is 14.7 Å². The Kier molecular flexibility index (Phi) is 16.9. The van der Waals surface area contributed by atoms with Crippen LogP contribution < -0.4 is 19.4 Å². The zero-order valence-electron chi connectivity index (χ0n) is 56.3. The number of carbonyl (C=O) groups is 1. The summed E-state index contributed by atoms with van der Waals surface area (Å²) < 4.78 is 5.85. The number of anilines is 9. The third kappa shape index (κ3) is 12.6. The molecule has 7 nitrogen and oxygen atoms in total. The lowest BCUT2D eigenvalue weighted by Crippen LogP contribution is -2.17. The normalized spacial score (nSPS) is 13.4. The molecule has 0 aromatic heterocycles. The van der Waals surface area contributed by atoms with E-state index < -0.39 is 0 Å². The number of azo groups is 1. The van der Waals surface area contributed by atoms with Crippen LogP contribution in [-0.4, -0.2) is 5.97 Å². The van der Waals surface area contributed by atoms with E-state index in [0.29, 0.717) is 11.3 Å². The smallest absolute Gasteiger partial charge is 0.345 e. The summed E-state index contributed by atoms with van der Waals surface area (Å²) in [6.45, 7) is 46.2. The van der Waals surface area contributed by atoms with Crippen LogP contribution in [0.4, 0.5) is 62.6 Å². The van der Waals surface area contributed by atoms with Crippen LogP contribution in [0.3, 0.4) is 0 Å². The van der Waals surface area contributed by atoms with Gasteiger partial charge >= 0.3 is 5.97 Å². The number of nitrogens with zero attached hydrogens (tertiary/aromatic N) is 5. The molecule has 0 radical (unpaired) electrons. The van der Waals surface area contributed by atoms with Gasteiger partial charge in [-0.1, -0.05) is 164 Å². The van der Waals surface area contributed by atoms with Gasteiger partial charge in [0.2, 0.25) is 0 Å². The SMILES string of the molecule is Cc1ccc2c(c1)CCc1cc(C)ccc1N2c1c(C)cc(C(C)(C)C)cc1C.Cc1ccc2c(c1)N=Nc1cc(C)ccc1N2c1c(C)cc(C(C)(C)C)cc1C.Cc1ccc2c(c1)OC(=O)c1cc(C)ccc1N2c1c(C)cc(C(C)(C)C)cc1C. The molecule has 0 unspecified atom stereocenters. The van der Waals surface area contributed by atoms with E-state index in [2.05, 4.69) is 272 Å². The third-order valence-corrected chi connectivity index (χ3v) is 17.5. The van der Waals surface area contributed by atoms with Crippen molar-refractivity contribution in [3.8, 4) is 5.75 Å². The van der Waals surface area contributed by atoms with Crippen molar-refractivity contribution >= 4 is 68.5 Å². The van der Waals surface area contributed by atoms with Gasteiger partial charge in [0.25, 0.3) is 0 Å². The Hall–Kier alpha value is -8.55. The highest BCUT2D eigenvalue weighted by molar-refractivity contribution is 6.04. The number of esters is 1. The van der Waals surface area contributed by atoms with E-state index >= 15 is 0 Å². The standard InChI is InChI=1S/C28H33N.C27H29NO2.C26H29N3/c1-18-8-12-25-22(14-18)10-11-23-15-19(2)9-13-26(23)29(25)27-20(3)16-24(17-21(27)4)28(5,6)7;1-16-8-10-22-21(12-16)26(29)30-24-13-17(2)9-11-23(24)28(22)25-18(3)14-20(15-19(25)4)27(5,6)7;1-16-8-10-23-21(12-16)27-28-22-13-17(2)9-11-24(22)29(23)25-18(3)14-20(15-19(25)4)26(5,6)7/h8-9,12-17H,10-11H2,1-7H3;8-15H,1-7H3;8-15H,1-7H3. The molecule has 9 aromatic carbocycles. The van der Waals surface area contributed by atoms with Crippen molar-refractivity contribution < 1.29 is 9.53 Å². The Balaban J connectivity index is 0.000000146. The van der Waals surface area contributed by atoms with Gasteiger partial charge in [0.15, 0.2) is 5.75 Å². The summed E-state index contributed by atoms with van der Waals surface area (Å²) in [6.07, 6.45) is 2.17. The van der Waals surface area contributed by atoms with Gasteiger partial charge in [0.1, 0.15) is 11.4 Å². The predicted molar refractivity (Wildman–Crippen MR) is 373 cm³/mol. The van der Waals surface area contributed by atoms with Gasteiger partial charge in [0, 0.05) is 11.4 Å². The predicted octanol–water partition coefficient (Wildman–Crippen LogP) is 23.4. The number of benzene rings is 9. The van der Waals surface area contributed by atoms with Crippen LogP contribution in [0.15, 0.2) is 156 Å². The Morgan fingerprint density at radius 3 is 0.977 bits per heavy atom. The van der Waals surface area contributed by atoms with Crippen molar-refractivity contribution in [1.29, 1.82) is 0 Å². The minimum Gasteiger partial charge on any atom is -0.421 e. The highest BCUT2D eigenvalue weighted by Crippen LogP contribution is 2.52. The lowest BCUT2D eigenvalue weighted by molar-refractivity contribution is 0.0738. The van der Waals surface area contributed by atoms with Crippen molar-refractivity contribution in [3.63, 3.8) is 0 Å². The van der Waals surface area contributed by atoms with Gasteiger partial charge in [-0.2, -0.15) is 0 Å². The summed E-state index contributed by atoms with van der Waals surface area (Å²) in [5.41, 5.74) is 34.5. The molecule has 9 aromatic rings. The van der Waals surface area contributed by atoms with E-state index in [9.17, 15) is 4.79 Å². The van der Waals surface area contributed by atoms with Crippen LogP contribution >= 0.6 is 0 Å². The molecule has 88 heavy (non-hydrogen) atoms. The monoisotopic (exact) mass is 1170 g/mol. The van der Waals surface area contributed by atoms with Crippen LogP contribution in [0.5, 0.6) is 5.75 Å². The van der Waals surface area contributed by atoms with Crippen molar-refractivity contribution in [2.45, 2.75) is 174 Å². The van der Waals surface area contributed by atoms with Gasteiger partial charge in [0.05, 0.1) is 45.4 Å². The van der Waals surface area contributed by atoms with Gasteiger partial charge in [-0.05, 0) is 251 Å². The topological polar surface area (TPSA) is 60.7 Å². The van der Waals surface area contributed by atoms with E-state index in [1.54, 1.807) is 0 Å². The summed E-state index contributed by atoms with van der Waals surface area (Å²) in [5, 5.41) is 9.21. The van der Waals surface area contributed by atoms with E-state index in [1.165, 1.54) is 106 Å². The Bertz CT molecular complexity index is 4010. The molecule has 0 aliphatic carbocycles. The van der Waals surface area contributed by atoms with Gasteiger partial charge in [-0.3, -0.25) is 0 Å². The third-order valence-electron chi connectivity index (χ3n) is 17.5. The Morgan fingerprint density at radius 1 is 0.330 bits per heavy atom. The summed E-state index contributed by atoms with van der Waals surface area (Å²) >= 11 is 0.